The Bertz CT molecular complexity index is 1550. The SMILES string of the molecule is COc1cccc2cn(-c3cccc(C(=O)Nc4cnccc4N4CCN(C(=O)OC(C)(C)C)CC4)n3)c(O)c12. The smallest absolute Gasteiger partial charge is 0.410 e. The number of anilines is 2. The van der Waals surface area contributed by atoms with E-state index < -0.39 is 11.5 Å². The quantitative estimate of drug-likeness (QED) is 0.378. The van der Waals surface area contributed by atoms with Gasteiger partial charge in [-0.25, -0.2) is 9.78 Å². The number of methoxy groups -OCH3 is 1. The number of pyridine rings is 2. The molecule has 1 aliphatic heterocycles. The van der Waals surface area contributed by atoms with E-state index in [0.29, 0.717) is 48.8 Å². The molecule has 4 heterocycles. The molecule has 0 spiro atoms. The van der Waals surface area contributed by atoms with E-state index in [1.54, 1.807) is 54.9 Å². The number of aromatic nitrogens is 3. The van der Waals surface area contributed by atoms with Gasteiger partial charge in [-0.05, 0) is 45.0 Å². The lowest BCUT2D eigenvalue weighted by Crippen LogP contribution is -2.50. The van der Waals surface area contributed by atoms with Gasteiger partial charge >= 0.3 is 6.09 Å². The Morgan fingerprint density at radius 1 is 1.02 bits per heavy atom. The molecule has 0 aliphatic carbocycles. The van der Waals surface area contributed by atoms with Crippen molar-refractivity contribution >= 4 is 34.1 Å². The van der Waals surface area contributed by atoms with E-state index in [0.717, 1.165) is 11.1 Å². The number of ether oxygens (including phenoxy) is 2. The normalized spacial score (nSPS) is 13.8. The highest BCUT2D eigenvalue weighted by Gasteiger charge is 2.27. The standard InChI is InChI=1S/C29H32N6O5/c1-29(2,3)40-28(38)34-15-13-33(14-16-34)22-11-12-30-17-21(22)32-26(36)20-8-6-10-24(31-20)35-18-19-7-5-9-23(39-4)25(19)27(35)37/h5-12,17-18,37H,13-16H2,1-4H3,(H,32,36). The maximum atomic E-state index is 13.3. The maximum absolute atomic E-state index is 13.3. The molecule has 1 aliphatic rings. The van der Waals surface area contributed by atoms with Crippen molar-refractivity contribution in [2.24, 2.45) is 0 Å². The molecule has 0 bridgehead atoms. The first-order chi connectivity index (χ1) is 19.1. The summed E-state index contributed by atoms with van der Waals surface area (Å²) >= 11 is 0. The summed E-state index contributed by atoms with van der Waals surface area (Å²) in [6.07, 6.45) is 4.67. The predicted octanol–water partition coefficient (Wildman–Crippen LogP) is 4.44. The summed E-state index contributed by atoms with van der Waals surface area (Å²) in [6, 6.07) is 12.3. The molecule has 2 amide bonds. The minimum atomic E-state index is -0.553. The molecule has 0 unspecified atom stereocenters. The van der Waals surface area contributed by atoms with E-state index in [1.807, 2.05) is 39.0 Å². The van der Waals surface area contributed by atoms with E-state index in [9.17, 15) is 14.7 Å². The molecule has 11 heteroatoms. The molecule has 5 rings (SSSR count). The summed E-state index contributed by atoms with van der Waals surface area (Å²) in [6.45, 7) is 7.67. The third-order valence-corrected chi connectivity index (χ3v) is 6.53. The highest BCUT2D eigenvalue weighted by Crippen LogP contribution is 2.36. The highest BCUT2D eigenvalue weighted by atomic mass is 16.6. The Hall–Kier alpha value is -4.80. The maximum Gasteiger partial charge on any atom is 0.410 e. The fraction of sp³-hybridized carbons (Fsp3) is 0.310. The molecular formula is C29H32N6O5. The Labute approximate surface area is 232 Å². The van der Waals surface area contributed by atoms with Gasteiger partial charge in [0.05, 0.1) is 30.1 Å². The van der Waals surface area contributed by atoms with Gasteiger partial charge in [0.2, 0.25) is 5.88 Å². The summed E-state index contributed by atoms with van der Waals surface area (Å²) in [4.78, 5) is 38.2. The summed E-state index contributed by atoms with van der Waals surface area (Å²) in [5.74, 6) is 0.474. The van der Waals surface area contributed by atoms with Crippen LogP contribution in [0.25, 0.3) is 16.6 Å². The molecule has 4 aromatic rings. The van der Waals surface area contributed by atoms with E-state index in [2.05, 4.69) is 20.2 Å². The molecule has 1 aromatic carbocycles. The summed E-state index contributed by atoms with van der Waals surface area (Å²) < 4.78 is 12.4. The second kappa shape index (κ2) is 10.8. The van der Waals surface area contributed by atoms with Crippen molar-refractivity contribution in [1.82, 2.24) is 19.4 Å². The molecule has 0 saturated carbocycles. The molecule has 3 aromatic heterocycles. The number of hydrogen-bond donors (Lipinski definition) is 2. The van der Waals surface area contributed by atoms with Crippen LogP contribution in [0.2, 0.25) is 0 Å². The van der Waals surface area contributed by atoms with E-state index in [-0.39, 0.29) is 17.7 Å². The number of amides is 2. The number of nitrogens with zero attached hydrogens (tertiary/aromatic N) is 5. The van der Waals surface area contributed by atoms with Crippen LogP contribution >= 0.6 is 0 Å². The van der Waals surface area contributed by atoms with Crippen LogP contribution in [0.15, 0.2) is 61.1 Å². The number of carbonyl (C=O) groups is 2. The number of piperazine rings is 1. The lowest BCUT2D eigenvalue weighted by atomic mass is 10.2. The van der Waals surface area contributed by atoms with Gasteiger partial charge in [-0.1, -0.05) is 18.2 Å². The summed E-state index contributed by atoms with van der Waals surface area (Å²) in [5, 5.41) is 15.2. The fourth-order valence-corrected chi connectivity index (χ4v) is 4.65. The van der Waals surface area contributed by atoms with Gasteiger partial charge < -0.3 is 29.7 Å². The molecule has 1 saturated heterocycles. The van der Waals surface area contributed by atoms with Crippen molar-refractivity contribution in [3.05, 3.63) is 66.7 Å². The first-order valence-electron chi connectivity index (χ1n) is 13.0. The number of aromatic hydroxyl groups is 1. The Kier molecular flexibility index (Phi) is 7.20. The van der Waals surface area contributed by atoms with Crippen molar-refractivity contribution in [2.45, 2.75) is 26.4 Å². The van der Waals surface area contributed by atoms with Gasteiger partial charge in [-0.2, -0.15) is 0 Å². The number of benzene rings is 1. The average molecular weight is 545 g/mol. The molecule has 208 valence electrons. The van der Waals surface area contributed by atoms with E-state index in [4.69, 9.17) is 9.47 Å². The van der Waals surface area contributed by atoms with Gasteiger partial charge in [0, 0.05) is 44.0 Å². The van der Waals surface area contributed by atoms with Crippen molar-refractivity contribution in [3.8, 4) is 17.4 Å². The van der Waals surface area contributed by atoms with Crippen molar-refractivity contribution < 1.29 is 24.2 Å². The van der Waals surface area contributed by atoms with Crippen LogP contribution in [0.3, 0.4) is 0 Å². The summed E-state index contributed by atoms with van der Waals surface area (Å²) in [5.41, 5.74) is 0.948. The number of carbonyl (C=O) groups excluding carboxylic acids is 2. The number of rotatable bonds is 5. The number of fused-ring (bicyclic) bond motifs is 1. The third-order valence-electron chi connectivity index (χ3n) is 6.53. The minimum Gasteiger partial charge on any atom is -0.496 e. The first-order valence-corrected chi connectivity index (χ1v) is 13.0. The monoisotopic (exact) mass is 544 g/mol. The van der Waals surface area contributed by atoms with Gasteiger partial charge in [-0.3, -0.25) is 14.3 Å². The Morgan fingerprint density at radius 2 is 1.77 bits per heavy atom. The van der Waals surface area contributed by atoms with Crippen LogP contribution in [0.4, 0.5) is 16.2 Å². The van der Waals surface area contributed by atoms with Gasteiger partial charge in [0.15, 0.2) is 0 Å². The van der Waals surface area contributed by atoms with Crippen LogP contribution in [0.5, 0.6) is 11.6 Å². The van der Waals surface area contributed by atoms with Crippen LogP contribution in [0, 0.1) is 0 Å². The summed E-state index contributed by atoms with van der Waals surface area (Å²) in [7, 11) is 1.54. The second-order valence-electron chi connectivity index (χ2n) is 10.4. The second-order valence-corrected chi connectivity index (χ2v) is 10.4. The fourth-order valence-electron chi connectivity index (χ4n) is 4.65. The van der Waals surface area contributed by atoms with Crippen LogP contribution in [0.1, 0.15) is 31.3 Å². The predicted molar refractivity (Wildman–Crippen MR) is 151 cm³/mol. The largest absolute Gasteiger partial charge is 0.496 e. The number of nitrogens with one attached hydrogen (secondary N) is 1. The molecule has 2 N–H and O–H groups in total. The molecule has 0 radical (unpaired) electrons. The van der Waals surface area contributed by atoms with Crippen LogP contribution < -0.4 is 15.0 Å². The van der Waals surface area contributed by atoms with Crippen LogP contribution in [-0.4, -0.2) is 75.4 Å². The lowest BCUT2D eigenvalue weighted by Gasteiger charge is -2.37. The zero-order valence-corrected chi connectivity index (χ0v) is 22.9. The Morgan fingerprint density at radius 3 is 2.50 bits per heavy atom. The van der Waals surface area contributed by atoms with Gasteiger partial charge in [0.25, 0.3) is 5.91 Å². The van der Waals surface area contributed by atoms with Gasteiger partial charge in [0.1, 0.15) is 22.9 Å². The third kappa shape index (κ3) is 5.49. The number of hydrogen-bond acceptors (Lipinski definition) is 8. The van der Waals surface area contributed by atoms with Crippen LogP contribution in [-0.2, 0) is 4.74 Å². The van der Waals surface area contributed by atoms with E-state index in [1.165, 1.54) is 4.57 Å². The Balaban J connectivity index is 1.32. The average Bonchev–Trinajstić information content (AvgIpc) is 3.29. The van der Waals surface area contributed by atoms with Crippen molar-refractivity contribution in [3.63, 3.8) is 0 Å². The molecule has 0 atom stereocenters. The zero-order chi connectivity index (χ0) is 28.4. The van der Waals surface area contributed by atoms with Gasteiger partial charge in [-0.15, -0.1) is 0 Å². The highest BCUT2D eigenvalue weighted by molar-refractivity contribution is 6.04. The molecule has 11 nitrogen and oxygen atoms in total. The zero-order valence-electron chi connectivity index (χ0n) is 22.9. The molecule has 40 heavy (non-hydrogen) atoms. The lowest BCUT2D eigenvalue weighted by molar-refractivity contribution is 0.0240. The first kappa shape index (κ1) is 26.8. The molecular weight excluding hydrogens is 512 g/mol. The topological polar surface area (TPSA) is 122 Å². The van der Waals surface area contributed by atoms with Crippen molar-refractivity contribution in [1.29, 1.82) is 0 Å². The van der Waals surface area contributed by atoms with Crippen molar-refractivity contribution in [2.75, 3.05) is 43.5 Å². The van der Waals surface area contributed by atoms with E-state index >= 15 is 0 Å². The molecule has 1 fully saturated rings. The minimum absolute atomic E-state index is 0.0300.